The number of anilines is 1. The molecule has 0 aliphatic carbocycles. The van der Waals surface area contributed by atoms with Crippen molar-refractivity contribution in [1.82, 2.24) is 20.3 Å². The van der Waals surface area contributed by atoms with Gasteiger partial charge < -0.3 is 10.6 Å². The molecule has 0 saturated carbocycles. The first-order valence-electron chi connectivity index (χ1n) is 9.98. The van der Waals surface area contributed by atoms with E-state index in [2.05, 4.69) is 25.6 Å². The average molecular weight is 415 g/mol. The number of amides is 1. The topological polar surface area (TPSA) is 79.8 Å². The van der Waals surface area contributed by atoms with Crippen LogP contribution in [0.5, 0.6) is 0 Å². The summed E-state index contributed by atoms with van der Waals surface area (Å²) < 4.78 is 14.3. The highest BCUT2D eigenvalue weighted by Gasteiger charge is 2.12. The molecule has 0 fully saturated rings. The van der Waals surface area contributed by atoms with E-state index in [-0.39, 0.29) is 11.7 Å². The van der Waals surface area contributed by atoms with Crippen LogP contribution in [-0.4, -0.2) is 34.5 Å². The molecule has 2 heterocycles. The lowest BCUT2D eigenvalue weighted by atomic mass is 10.0. The van der Waals surface area contributed by atoms with Crippen LogP contribution in [0.15, 0.2) is 61.1 Å². The number of fused-ring (bicyclic) bond motifs is 1. The monoisotopic (exact) mass is 415 g/mol. The highest BCUT2D eigenvalue weighted by molar-refractivity contribution is 6.06. The summed E-state index contributed by atoms with van der Waals surface area (Å²) in [6.07, 6.45) is 3.75. The molecule has 2 aromatic heterocycles. The molecule has 156 valence electrons. The first-order valence-corrected chi connectivity index (χ1v) is 9.98. The third-order valence-electron chi connectivity index (χ3n) is 5.09. The maximum atomic E-state index is 14.3. The van der Waals surface area contributed by atoms with E-state index in [0.29, 0.717) is 35.6 Å². The van der Waals surface area contributed by atoms with Gasteiger partial charge in [0.2, 0.25) is 0 Å². The molecule has 7 heteroatoms. The summed E-state index contributed by atoms with van der Waals surface area (Å²) in [6.45, 7) is 2.44. The van der Waals surface area contributed by atoms with E-state index < -0.39 is 0 Å². The largest absolute Gasteiger partial charge is 0.370 e. The van der Waals surface area contributed by atoms with E-state index in [1.807, 2.05) is 31.2 Å². The molecule has 4 rings (SSSR count). The summed E-state index contributed by atoms with van der Waals surface area (Å²) in [7, 11) is 1.61. The molecule has 2 N–H and O–H groups in total. The number of nitrogens with zero attached hydrogens (tertiary/aromatic N) is 3. The second-order valence-electron chi connectivity index (χ2n) is 7.20. The van der Waals surface area contributed by atoms with Crippen molar-refractivity contribution in [3.8, 4) is 11.3 Å². The molecule has 0 aliphatic rings. The lowest BCUT2D eigenvalue weighted by Gasteiger charge is -2.11. The molecule has 0 unspecified atom stereocenters. The van der Waals surface area contributed by atoms with Crippen molar-refractivity contribution >= 4 is 22.6 Å². The quantitative estimate of drug-likeness (QED) is 0.494. The Labute approximate surface area is 179 Å². The lowest BCUT2D eigenvalue weighted by molar-refractivity contribution is 0.0964. The highest BCUT2D eigenvalue weighted by Crippen LogP contribution is 2.24. The maximum Gasteiger partial charge on any atom is 0.251 e. The molecular formula is C24H22FN5O. The van der Waals surface area contributed by atoms with Gasteiger partial charge in [0.25, 0.3) is 5.91 Å². The Morgan fingerprint density at radius 2 is 1.94 bits per heavy atom. The van der Waals surface area contributed by atoms with Crippen molar-refractivity contribution in [2.45, 2.75) is 13.3 Å². The normalized spacial score (nSPS) is 10.8. The van der Waals surface area contributed by atoms with Gasteiger partial charge in [-0.15, -0.1) is 0 Å². The van der Waals surface area contributed by atoms with Gasteiger partial charge in [0.05, 0.1) is 16.8 Å². The summed E-state index contributed by atoms with van der Waals surface area (Å²) >= 11 is 0. The van der Waals surface area contributed by atoms with Crippen molar-refractivity contribution in [2.75, 3.05) is 18.9 Å². The van der Waals surface area contributed by atoms with Crippen molar-refractivity contribution in [3.05, 3.63) is 83.6 Å². The SMILES string of the molecule is CNC(=O)c1ccnc2c(CCNc3cc(-c4ccc(C)cc4F)ncn3)cccc12. The first kappa shape index (κ1) is 20.4. The number of carbonyl (C=O) groups is 1. The molecule has 2 aromatic carbocycles. The first-order chi connectivity index (χ1) is 15.1. The Kier molecular flexibility index (Phi) is 5.84. The zero-order valence-electron chi connectivity index (χ0n) is 17.3. The molecule has 0 bridgehead atoms. The zero-order chi connectivity index (χ0) is 21.8. The predicted molar refractivity (Wildman–Crippen MR) is 119 cm³/mol. The van der Waals surface area contributed by atoms with Gasteiger partial charge in [-0.1, -0.05) is 24.3 Å². The Bertz CT molecular complexity index is 1260. The summed E-state index contributed by atoms with van der Waals surface area (Å²) in [5.41, 5.74) is 4.25. The van der Waals surface area contributed by atoms with Crippen LogP contribution in [0.4, 0.5) is 10.2 Å². The van der Waals surface area contributed by atoms with Crippen LogP contribution >= 0.6 is 0 Å². The third-order valence-corrected chi connectivity index (χ3v) is 5.09. The number of benzene rings is 2. The smallest absolute Gasteiger partial charge is 0.251 e. The number of carbonyl (C=O) groups excluding carboxylic acids is 1. The summed E-state index contributed by atoms with van der Waals surface area (Å²) in [5.74, 6) is 0.169. The molecule has 0 radical (unpaired) electrons. The standard InChI is InChI=1S/C24H22FN5O/c1-15-6-7-19(20(25)12-15)21-13-22(30-14-29-21)27-10-8-16-4-3-5-17-18(24(31)26-2)9-11-28-23(16)17/h3-7,9,11-14H,8,10H2,1-2H3,(H,26,31)(H,27,29,30). The second-order valence-corrected chi connectivity index (χ2v) is 7.20. The van der Waals surface area contributed by atoms with Crippen molar-refractivity contribution < 1.29 is 9.18 Å². The summed E-state index contributed by atoms with van der Waals surface area (Å²) in [5, 5.41) is 6.75. The molecule has 0 saturated heterocycles. The molecular weight excluding hydrogens is 393 g/mol. The second kappa shape index (κ2) is 8.87. The summed E-state index contributed by atoms with van der Waals surface area (Å²) in [6, 6.07) is 14.3. The summed E-state index contributed by atoms with van der Waals surface area (Å²) in [4.78, 5) is 25.1. The molecule has 31 heavy (non-hydrogen) atoms. The van der Waals surface area contributed by atoms with E-state index in [9.17, 15) is 9.18 Å². The fourth-order valence-corrected chi connectivity index (χ4v) is 3.53. The van der Waals surface area contributed by atoms with Gasteiger partial charge in [-0.25, -0.2) is 14.4 Å². The van der Waals surface area contributed by atoms with Gasteiger partial charge in [0.1, 0.15) is 18.0 Å². The Hall–Kier alpha value is -3.87. The minimum absolute atomic E-state index is 0.139. The van der Waals surface area contributed by atoms with Crippen molar-refractivity contribution in [3.63, 3.8) is 0 Å². The minimum Gasteiger partial charge on any atom is -0.370 e. The molecule has 1 amide bonds. The fraction of sp³-hybridized carbons (Fsp3) is 0.167. The molecule has 4 aromatic rings. The number of hydrogen-bond donors (Lipinski definition) is 2. The van der Waals surface area contributed by atoms with Gasteiger partial charge >= 0.3 is 0 Å². The highest BCUT2D eigenvalue weighted by atomic mass is 19.1. The van der Waals surface area contributed by atoms with Crippen molar-refractivity contribution in [2.24, 2.45) is 0 Å². The van der Waals surface area contributed by atoms with Gasteiger partial charge in [-0.05, 0) is 42.7 Å². The Morgan fingerprint density at radius 1 is 1.06 bits per heavy atom. The average Bonchev–Trinajstić information content (AvgIpc) is 2.78. The van der Waals surface area contributed by atoms with E-state index in [0.717, 1.165) is 22.0 Å². The van der Waals surface area contributed by atoms with Gasteiger partial charge in [-0.3, -0.25) is 9.78 Å². The number of hydrogen-bond acceptors (Lipinski definition) is 5. The number of rotatable bonds is 6. The number of halogens is 1. The number of aryl methyl sites for hydroxylation is 1. The van der Waals surface area contributed by atoms with Gasteiger partial charge in [-0.2, -0.15) is 0 Å². The molecule has 0 aliphatic heterocycles. The van der Waals surface area contributed by atoms with Gasteiger partial charge in [0.15, 0.2) is 0 Å². The van der Waals surface area contributed by atoms with E-state index in [1.54, 1.807) is 31.4 Å². The maximum absolute atomic E-state index is 14.3. The predicted octanol–water partition coefficient (Wildman–Crippen LogP) is 4.15. The van der Waals surface area contributed by atoms with Crippen LogP contribution in [0.1, 0.15) is 21.5 Å². The number of nitrogens with one attached hydrogen (secondary N) is 2. The number of para-hydroxylation sites is 1. The minimum atomic E-state index is -0.307. The zero-order valence-corrected chi connectivity index (χ0v) is 17.3. The van der Waals surface area contributed by atoms with Crippen LogP contribution < -0.4 is 10.6 Å². The van der Waals surface area contributed by atoms with Gasteiger partial charge in [0, 0.05) is 36.8 Å². The van der Waals surface area contributed by atoms with Crippen molar-refractivity contribution in [1.29, 1.82) is 0 Å². The molecule has 0 atom stereocenters. The fourth-order valence-electron chi connectivity index (χ4n) is 3.53. The van der Waals surface area contributed by atoms with E-state index >= 15 is 0 Å². The lowest BCUT2D eigenvalue weighted by Crippen LogP contribution is -2.18. The van der Waals surface area contributed by atoms with Crippen LogP contribution in [0.25, 0.3) is 22.2 Å². The Balaban J connectivity index is 1.51. The number of pyridine rings is 1. The molecule has 6 nitrogen and oxygen atoms in total. The molecule has 0 spiro atoms. The van der Waals surface area contributed by atoms with Crippen LogP contribution in [-0.2, 0) is 6.42 Å². The van der Waals surface area contributed by atoms with Crippen LogP contribution in [0.2, 0.25) is 0 Å². The Morgan fingerprint density at radius 3 is 2.74 bits per heavy atom. The van der Waals surface area contributed by atoms with E-state index in [1.165, 1.54) is 12.4 Å². The van der Waals surface area contributed by atoms with E-state index in [4.69, 9.17) is 0 Å². The number of aromatic nitrogens is 3. The third kappa shape index (κ3) is 4.35. The van der Waals surface area contributed by atoms with Crippen LogP contribution in [0.3, 0.4) is 0 Å². The van der Waals surface area contributed by atoms with Crippen LogP contribution in [0, 0.1) is 12.7 Å².